The summed E-state index contributed by atoms with van der Waals surface area (Å²) < 4.78 is 0. The first kappa shape index (κ1) is 15.1. The van der Waals surface area contributed by atoms with Gasteiger partial charge in [0.1, 0.15) is 0 Å². The highest BCUT2D eigenvalue weighted by molar-refractivity contribution is 5.33. The van der Waals surface area contributed by atoms with Crippen LogP contribution >= 0.6 is 0 Å². The Balaban J connectivity index is 1.76. The van der Waals surface area contributed by atoms with Crippen LogP contribution in [0.15, 0.2) is 24.3 Å². The average molecular weight is 286 g/mol. The van der Waals surface area contributed by atoms with E-state index in [1.165, 1.54) is 25.8 Å². The maximum atomic E-state index is 3.79. The third-order valence-corrected chi connectivity index (χ3v) is 5.48. The average Bonchev–Trinajstić information content (AvgIpc) is 2.89. The van der Waals surface area contributed by atoms with Crippen molar-refractivity contribution in [3.05, 3.63) is 35.4 Å². The monoisotopic (exact) mass is 286 g/mol. The predicted octanol–water partition coefficient (Wildman–Crippen LogP) is 3.25. The second-order valence-corrected chi connectivity index (χ2v) is 7.92. The molecule has 0 aromatic heterocycles. The van der Waals surface area contributed by atoms with Crippen molar-refractivity contribution in [1.29, 1.82) is 0 Å². The summed E-state index contributed by atoms with van der Waals surface area (Å²) >= 11 is 0. The first-order valence-electron chi connectivity index (χ1n) is 8.55. The van der Waals surface area contributed by atoms with Crippen LogP contribution in [0.5, 0.6) is 0 Å². The van der Waals surface area contributed by atoms with Gasteiger partial charge >= 0.3 is 0 Å². The molecule has 0 spiro atoms. The smallest absolute Gasteiger partial charge is 0.0244 e. The van der Waals surface area contributed by atoms with Gasteiger partial charge in [0.2, 0.25) is 0 Å². The van der Waals surface area contributed by atoms with Crippen LogP contribution in [-0.4, -0.2) is 36.1 Å². The topological polar surface area (TPSA) is 15.3 Å². The lowest BCUT2D eigenvalue weighted by molar-refractivity contribution is 0.0507. The lowest BCUT2D eigenvalue weighted by atomic mass is 9.84. The highest BCUT2D eigenvalue weighted by Crippen LogP contribution is 2.31. The SMILES string of the molecule is CCC1CNC(C(C)(C)C)CN1C1Cc2ccccc2C1. The molecule has 21 heavy (non-hydrogen) atoms. The predicted molar refractivity (Wildman–Crippen MR) is 89.7 cm³/mol. The summed E-state index contributed by atoms with van der Waals surface area (Å²) in [5.74, 6) is 0. The van der Waals surface area contributed by atoms with E-state index in [0.29, 0.717) is 23.5 Å². The zero-order chi connectivity index (χ0) is 15.0. The maximum absolute atomic E-state index is 3.79. The van der Waals surface area contributed by atoms with Gasteiger partial charge in [-0.2, -0.15) is 0 Å². The van der Waals surface area contributed by atoms with Crippen LogP contribution in [0.4, 0.5) is 0 Å². The van der Waals surface area contributed by atoms with Crippen molar-refractivity contribution in [3.63, 3.8) is 0 Å². The van der Waals surface area contributed by atoms with Gasteiger partial charge in [0, 0.05) is 31.2 Å². The van der Waals surface area contributed by atoms with Crippen LogP contribution in [0.2, 0.25) is 0 Å². The molecule has 1 N–H and O–H groups in total. The van der Waals surface area contributed by atoms with Gasteiger partial charge in [-0.15, -0.1) is 0 Å². The van der Waals surface area contributed by atoms with Crippen molar-refractivity contribution in [2.45, 2.75) is 65.1 Å². The molecule has 1 aromatic rings. The van der Waals surface area contributed by atoms with Crippen molar-refractivity contribution in [1.82, 2.24) is 10.2 Å². The Morgan fingerprint density at radius 2 is 1.76 bits per heavy atom. The zero-order valence-electron chi connectivity index (χ0n) is 14.0. The highest BCUT2D eigenvalue weighted by atomic mass is 15.3. The van der Waals surface area contributed by atoms with E-state index in [9.17, 15) is 0 Å². The highest BCUT2D eigenvalue weighted by Gasteiger charge is 2.38. The molecule has 0 radical (unpaired) electrons. The lowest BCUT2D eigenvalue weighted by Gasteiger charge is -2.47. The fraction of sp³-hybridized carbons (Fsp3) is 0.684. The zero-order valence-corrected chi connectivity index (χ0v) is 14.0. The number of rotatable bonds is 2. The molecule has 0 bridgehead atoms. The largest absolute Gasteiger partial charge is 0.311 e. The molecule has 1 aliphatic heterocycles. The number of benzene rings is 1. The Morgan fingerprint density at radius 1 is 1.14 bits per heavy atom. The quantitative estimate of drug-likeness (QED) is 0.898. The van der Waals surface area contributed by atoms with Crippen molar-refractivity contribution in [2.24, 2.45) is 5.41 Å². The molecule has 2 atom stereocenters. The van der Waals surface area contributed by atoms with E-state index in [1.807, 2.05) is 0 Å². The summed E-state index contributed by atoms with van der Waals surface area (Å²) in [6.07, 6.45) is 3.73. The molecule has 2 heteroatoms. The Kier molecular flexibility index (Phi) is 4.11. The fourth-order valence-electron chi connectivity index (χ4n) is 4.00. The van der Waals surface area contributed by atoms with E-state index in [1.54, 1.807) is 11.1 Å². The van der Waals surface area contributed by atoms with E-state index in [0.717, 1.165) is 6.54 Å². The standard InChI is InChI=1S/C19H30N2/c1-5-16-12-20-18(19(2,3)4)13-21(16)17-10-14-8-6-7-9-15(14)11-17/h6-9,16-18,20H,5,10-13H2,1-4H3. The summed E-state index contributed by atoms with van der Waals surface area (Å²) in [7, 11) is 0. The van der Waals surface area contributed by atoms with Gasteiger partial charge in [-0.25, -0.2) is 0 Å². The summed E-state index contributed by atoms with van der Waals surface area (Å²) in [6, 6.07) is 11.0. The van der Waals surface area contributed by atoms with Crippen LogP contribution in [0.3, 0.4) is 0 Å². The minimum absolute atomic E-state index is 0.336. The Bertz CT molecular complexity index is 464. The minimum Gasteiger partial charge on any atom is -0.311 e. The van der Waals surface area contributed by atoms with Gasteiger partial charge in [0.15, 0.2) is 0 Å². The van der Waals surface area contributed by atoms with Gasteiger partial charge in [-0.3, -0.25) is 4.90 Å². The van der Waals surface area contributed by atoms with E-state index < -0.39 is 0 Å². The molecule has 2 unspecified atom stereocenters. The molecular weight excluding hydrogens is 256 g/mol. The molecule has 1 aliphatic carbocycles. The van der Waals surface area contributed by atoms with E-state index in [2.05, 4.69) is 62.2 Å². The molecular formula is C19H30N2. The van der Waals surface area contributed by atoms with E-state index in [4.69, 9.17) is 0 Å². The Morgan fingerprint density at radius 3 is 2.29 bits per heavy atom. The molecule has 0 amide bonds. The van der Waals surface area contributed by atoms with Gasteiger partial charge in [0.05, 0.1) is 0 Å². The minimum atomic E-state index is 0.336. The third-order valence-electron chi connectivity index (χ3n) is 5.48. The number of nitrogens with one attached hydrogen (secondary N) is 1. The molecule has 2 aliphatic rings. The van der Waals surface area contributed by atoms with Gasteiger partial charge in [0.25, 0.3) is 0 Å². The third kappa shape index (κ3) is 3.02. The second kappa shape index (κ2) is 5.73. The number of nitrogens with zero attached hydrogens (tertiary/aromatic N) is 1. The van der Waals surface area contributed by atoms with Gasteiger partial charge in [-0.1, -0.05) is 52.0 Å². The van der Waals surface area contributed by atoms with Crippen LogP contribution in [-0.2, 0) is 12.8 Å². The molecule has 2 nitrogen and oxygen atoms in total. The number of fused-ring (bicyclic) bond motifs is 1. The second-order valence-electron chi connectivity index (χ2n) is 7.92. The summed E-state index contributed by atoms with van der Waals surface area (Å²) in [6.45, 7) is 11.8. The summed E-state index contributed by atoms with van der Waals surface area (Å²) in [4.78, 5) is 2.81. The van der Waals surface area contributed by atoms with Crippen molar-refractivity contribution < 1.29 is 0 Å². The number of hydrogen-bond donors (Lipinski definition) is 1. The van der Waals surface area contributed by atoms with Gasteiger partial charge < -0.3 is 5.32 Å². The summed E-state index contributed by atoms with van der Waals surface area (Å²) in [5, 5.41) is 3.79. The first-order valence-corrected chi connectivity index (χ1v) is 8.55. The van der Waals surface area contributed by atoms with Crippen LogP contribution in [0.25, 0.3) is 0 Å². The maximum Gasteiger partial charge on any atom is 0.0244 e. The van der Waals surface area contributed by atoms with Crippen LogP contribution < -0.4 is 5.32 Å². The molecule has 1 heterocycles. The van der Waals surface area contributed by atoms with E-state index >= 15 is 0 Å². The van der Waals surface area contributed by atoms with Crippen molar-refractivity contribution >= 4 is 0 Å². The molecule has 116 valence electrons. The summed E-state index contributed by atoms with van der Waals surface area (Å²) in [5.41, 5.74) is 3.48. The van der Waals surface area contributed by atoms with E-state index in [-0.39, 0.29) is 0 Å². The molecule has 1 fully saturated rings. The molecule has 1 saturated heterocycles. The molecule has 1 aromatic carbocycles. The Hall–Kier alpha value is -0.860. The number of piperazine rings is 1. The number of hydrogen-bond acceptors (Lipinski definition) is 2. The lowest BCUT2D eigenvalue weighted by Crippen LogP contribution is -2.62. The van der Waals surface area contributed by atoms with Crippen LogP contribution in [0, 0.1) is 5.41 Å². The Labute approximate surface area is 129 Å². The van der Waals surface area contributed by atoms with Gasteiger partial charge in [-0.05, 0) is 35.8 Å². The fourth-order valence-corrected chi connectivity index (χ4v) is 4.00. The first-order chi connectivity index (χ1) is 9.99. The molecule has 0 saturated carbocycles. The molecule has 3 rings (SSSR count). The van der Waals surface area contributed by atoms with Crippen molar-refractivity contribution in [2.75, 3.05) is 13.1 Å². The van der Waals surface area contributed by atoms with Crippen LogP contribution in [0.1, 0.15) is 45.2 Å². The normalized spacial score (nSPS) is 27.8. The van der Waals surface area contributed by atoms with Crippen molar-refractivity contribution in [3.8, 4) is 0 Å².